The quantitative estimate of drug-likeness (QED) is 0.196. The molecule has 43 heavy (non-hydrogen) atoms. The summed E-state index contributed by atoms with van der Waals surface area (Å²) in [6.45, 7) is 3.14. The van der Waals surface area contributed by atoms with Crippen LogP contribution in [0.5, 0.6) is 0 Å². The van der Waals surface area contributed by atoms with Gasteiger partial charge < -0.3 is 10.2 Å². The summed E-state index contributed by atoms with van der Waals surface area (Å²) in [6.07, 6.45) is 0.224. The van der Waals surface area contributed by atoms with Crippen LogP contribution in [0.1, 0.15) is 25.0 Å². The fourth-order valence-corrected chi connectivity index (χ4v) is 6.51. The molecule has 1 N–H and O–H groups in total. The second-order valence-corrected chi connectivity index (χ2v) is 13.0. The number of hydrogen-bond acceptors (Lipinski definition) is 4. The summed E-state index contributed by atoms with van der Waals surface area (Å²) < 4.78 is 29.0. The highest BCUT2D eigenvalue weighted by Gasteiger charge is 2.35. The van der Waals surface area contributed by atoms with E-state index in [1.165, 1.54) is 35.2 Å². The minimum atomic E-state index is -4.28. The monoisotopic (exact) mass is 637 g/mol. The molecule has 0 aliphatic heterocycles. The van der Waals surface area contributed by atoms with Crippen molar-refractivity contribution in [2.45, 2.75) is 43.8 Å². The van der Waals surface area contributed by atoms with Crippen LogP contribution < -0.4 is 9.62 Å². The summed E-state index contributed by atoms with van der Waals surface area (Å²) in [4.78, 5) is 29.5. The molecule has 0 aliphatic carbocycles. The second-order valence-electron chi connectivity index (χ2n) is 10.3. The Morgan fingerprint density at radius 2 is 1.35 bits per heavy atom. The van der Waals surface area contributed by atoms with Crippen LogP contribution in [0.25, 0.3) is 0 Å². The molecule has 0 aromatic heterocycles. The topological polar surface area (TPSA) is 86.8 Å². The largest absolute Gasteiger partial charge is 0.352 e. The molecule has 0 saturated heterocycles. The Hall–Kier alpha value is -3.85. The lowest BCUT2D eigenvalue weighted by Crippen LogP contribution is -2.54. The molecule has 0 saturated carbocycles. The number of rotatable bonds is 12. The lowest BCUT2D eigenvalue weighted by Gasteiger charge is -2.34. The van der Waals surface area contributed by atoms with E-state index in [1.54, 1.807) is 18.2 Å². The molecule has 4 rings (SSSR count). The van der Waals surface area contributed by atoms with Crippen LogP contribution in [0, 0.1) is 0 Å². The van der Waals surface area contributed by atoms with E-state index in [4.69, 9.17) is 23.2 Å². The molecule has 0 heterocycles. The summed E-state index contributed by atoms with van der Waals surface area (Å²) in [7, 11) is -4.28. The number of anilines is 1. The Bertz CT molecular complexity index is 1640. The van der Waals surface area contributed by atoms with E-state index in [9.17, 15) is 18.0 Å². The van der Waals surface area contributed by atoms with Gasteiger partial charge in [-0.3, -0.25) is 13.9 Å². The second kappa shape index (κ2) is 14.6. The molecule has 7 nitrogen and oxygen atoms in total. The van der Waals surface area contributed by atoms with Crippen molar-refractivity contribution in [1.29, 1.82) is 0 Å². The maximum Gasteiger partial charge on any atom is 0.264 e. The van der Waals surface area contributed by atoms with Crippen molar-refractivity contribution in [3.63, 3.8) is 0 Å². The third-order valence-electron chi connectivity index (χ3n) is 6.68. The summed E-state index contributed by atoms with van der Waals surface area (Å²) in [5, 5.41) is 3.29. The summed E-state index contributed by atoms with van der Waals surface area (Å²) in [5.74, 6) is -0.930. The zero-order chi connectivity index (χ0) is 31.0. The first kappa shape index (κ1) is 32.1. The van der Waals surface area contributed by atoms with E-state index in [2.05, 4.69) is 5.32 Å². The van der Waals surface area contributed by atoms with Crippen LogP contribution in [0.2, 0.25) is 10.0 Å². The molecule has 4 aromatic rings. The van der Waals surface area contributed by atoms with Crippen molar-refractivity contribution in [2.24, 2.45) is 0 Å². The first-order valence-corrected chi connectivity index (χ1v) is 16.0. The van der Waals surface area contributed by atoms with Gasteiger partial charge >= 0.3 is 0 Å². The number of nitrogens with zero attached hydrogens (tertiary/aromatic N) is 2. The van der Waals surface area contributed by atoms with Gasteiger partial charge in [0.05, 0.1) is 15.6 Å². The highest BCUT2D eigenvalue weighted by Crippen LogP contribution is 2.33. The van der Waals surface area contributed by atoms with Crippen molar-refractivity contribution in [3.05, 3.63) is 130 Å². The standard InChI is InChI=1S/C33H33Cl2N3O4S/c1-24(2)36-33(40)31(20-25-12-6-3-7-13-25)37(22-26-14-8-4-9-15-26)32(39)23-38(30-21-27(34)18-19-29(30)35)43(41,42)28-16-10-5-11-17-28/h3-19,21,24,31H,20,22-23H2,1-2H3,(H,36,40)/t31-/m1/s1. The van der Waals surface area contributed by atoms with Crippen LogP contribution in [0.15, 0.2) is 114 Å². The van der Waals surface area contributed by atoms with Crippen LogP contribution in [-0.4, -0.2) is 43.8 Å². The van der Waals surface area contributed by atoms with E-state index < -0.39 is 28.5 Å². The maximum absolute atomic E-state index is 14.4. The molecule has 1 atom stereocenters. The van der Waals surface area contributed by atoms with Crippen molar-refractivity contribution in [3.8, 4) is 0 Å². The number of halogens is 2. The average molecular weight is 639 g/mol. The van der Waals surface area contributed by atoms with E-state index in [1.807, 2.05) is 74.5 Å². The Balaban J connectivity index is 1.81. The Morgan fingerprint density at radius 1 is 0.791 bits per heavy atom. The molecule has 2 amide bonds. The predicted octanol–water partition coefficient (Wildman–Crippen LogP) is 6.35. The number of amides is 2. The molecule has 10 heteroatoms. The zero-order valence-corrected chi connectivity index (χ0v) is 26.2. The van der Waals surface area contributed by atoms with Gasteiger partial charge in [-0.1, -0.05) is 102 Å². The summed E-state index contributed by atoms with van der Waals surface area (Å²) >= 11 is 12.8. The van der Waals surface area contributed by atoms with Gasteiger partial charge in [0.25, 0.3) is 10.0 Å². The van der Waals surface area contributed by atoms with Gasteiger partial charge in [-0.05, 0) is 55.3 Å². The number of carbonyl (C=O) groups is 2. The molecular weight excluding hydrogens is 605 g/mol. The number of sulfonamides is 1. The molecule has 0 spiro atoms. The van der Waals surface area contributed by atoms with E-state index in [0.29, 0.717) is 0 Å². The zero-order valence-electron chi connectivity index (χ0n) is 23.9. The number of carbonyl (C=O) groups excluding carboxylic acids is 2. The van der Waals surface area contributed by atoms with Crippen LogP contribution in [0.3, 0.4) is 0 Å². The lowest BCUT2D eigenvalue weighted by atomic mass is 10.0. The van der Waals surface area contributed by atoms with Crippen molar-refractivity contribution >= 4 is 50.7 Å². The van der Waals surface area contributed by atoms with E-state index in [-0.39, 0.29) is 45.5 Å². The minimum absolute atomic E-state index is 0.0214. The van der Waals surface area contributed by atoms with E-state index >= 15 is 0 Å². The van der Waals surface area contributed by atoms with Crippen molar-refractivity contribution in [1.82, 2.24) is 10.2 Å². The smallest absolute Gasteiger partial charge is 0.264 e. The highest BCUT2D eigenvalue weighted by atomic mass is 35.5. The Morgan fingerprint density at radius 3 is 1.93 bits per heavy atom. The Labute approximate surface area is 263 Å². The number of nitrogens with one attached hydrogen (secondary N) is 1. The minimum Gasteiger partial charge on any atom is -0.352 e. The number of benzene rings is 4. The van der Waals surface area contributed by atoms with Gasteiger partial charge in [-0.25, -0.2) is 8.42 Å². The third kappa shape index (κ3) is 8.38. The summed E-state index contributed by atoms with van der Waals surface area (Å²) in [5.41, 5.74) is 1.69. The summed E-state index contributed by atoms with van der Waals surface area (Å²) in [6, 6.07) is 29.7. The maximum atomic E-state index is 14.4. The number of hydrogen-bond donors (Lipinski definition) is 1. The molecule has 224 valence electrons. The average Bonchev–Trinajstić information content (AvgIpc) is 3.00. The van der Waals surface area contributed by atoms with Crippen molar-refractivity contribution in [2.75, 3.05) is 10.8 Å². The SMILES string of the molecule is CC(C)NC(=O)[C@@H](Cc1ccccc1)N(Cc1ccccc1)C(=O)CN(c1cc(Cl)ccc1Cl)S(=O)(=O)c1ccccc1. The van der Waals surface area contributed by atoms with Crippen molar-refractivity contribution < 1.29 is 18.0 Å². The van der Waals surface area contributed by atoms with Gasteiger partial charge in [0.2, 0.25) is 11.8 Å². The fourth-order valence-electron chi connectivity index (χ4n) is 4.62. The van der Waals surface area contributed by atoms with Crippen LogP contribution >= 0.6 is 23.2 Å². The first-order chi connectivity index (χ1) is 20.6. The molecule has 0 aliphatic rings. The predicted molar refractivity (Wildman–Crippen MR) is 172 cm³/mol. The van der Waals surface area contributed by atoms with Gasteiger partial charge in [0.1, 0.15) is 12.6 Å². The van der Waals surface area contributed by atoms with Crippen LogP contribution in [-0.2, 0) is 32.6 Å². The van der Waals surface area contributed by atoms with Crippen LogP contribution in [0.4, 0.5) is 5.69 Å². The van der Waals surface area contributed by atoms with Gasteiger partial charge in [0.15, 0.2) is 0 Å². The van der Waals surface area contributed by atoms with Gasteiger partial charge in [-0.2, -0.15) is 0 Å². The first-order valence-electron chi connectivity index (χ1n) is 13.8. The molecule has 0 bridgehead atoms. The van der Waals surface area contributed by atoms with Gasteiger partial charge in [-0.15, -0.1) is 0 Å². The molecule has 0 unspecified atom stereocenters. The molecule has 0 fully saturated rings. The van der Waals surface area contributed by atoms with E-state index in [0.717, 1.165) is 15.4 Å². The molecule has 0 radical (unpaired) electrons. The normalized spacial score (nSPS) is 12.0. The third-order valence-corrected chi connectivity index (χ3v) is 9.01. The molecular formula is C33H33Cl2N3O4S. The molecule has 4 aromatic carbocycles. The van der Waals surface area contributed by atoms with Gasteiger partial charge in [0, 0.05) is 24.0 Å². The Kier molecular flexibility index (Phi) is 10.9. The highest BCUT2D eigenvalue weighted by molar-refractivity contribution is 7.92. The lowest BCUT2D eigenvalue weighted by molar-refractivity contribution is -0.140. The fraction of sp³-hybridized carbons (Fsp3) is 0.212.